The average molecular weight is 335 g/mol. The molecule has 1 aliphatic rings. The largest absolute Gasteiger partial charge is 0.309 e. The lowest BCUT2D eigenvalue weighted by Gasteiger charge is -2.45. The zero-order valence-corrected chi connectivity index (χ0v) is 14.5. The average Bonchev–Trinajstić information content (AvgIpc) is 3.07. The van der Waals surface area contributed by atoms with Crippen LogP contribution in [0.1, 0.15) is 36.8 Å². The van der Waals surface area contributed by atoms with E-state index in [1.165, 1.54) is 30.4 Å². The molecule has 1 saturated carbocycles. The fraction of sp³-hybridized carbons (Fsp3) is 0.444. The molecule has 0 bridgehead atoms. The molecular formula is C18H23ClN2S. The van der Waals surface area contributed by atoms with Gasteiger partial charge in [0.25, 0.3) is 0 Å². The lowest BCUT2D eigenvalue weighted by molar-refractivity contribution is 0.177. The molecule has 1 aliphatic carbocycles. The molecule has 1 heterocycles. The van der Waals surface area contributed by atoms with E-state index in [4.69, 9.17) is 11.6 Å². The van der Waals surface area contributed by atoms with Gasteiger partial charge in [-0.25, -0.2) is 0 Å². The Morgan fingerprint density at radius 1 is 1.27 bits per heavy atom. The van der Waals surface area contributed by atoms with Crippen molar-refractivity contribution in [3.63, 3.8) is 0 Å². The van der Waals surface area contributed by atoms with Crippen molar-refractivity contribution in [1.82, 2.24) is 10.6 Å². The molecule has 0 spiro atoms. The van der Waals surface area contributed by atoms with Gasteiger partial charge in [-0.15, -0.1) is 0 Å². The van der Waals surface area contributed by atoms with Crippen molar-refractivity contribution in [2.24, 2.45) is 0 Å². The van der Waals surface area contributed by atoms with Gasteiger partial charge >= 0.3 is 0 Å². The van der Waals surface area contributed by atoms with Gasteiger partial charge in [-0.2, -0.15) is 11.3 Å². The Kier molecular flexibility index (Phi) is 5.19. The fourth-order valence-corrected chi connectivity index (χ4v) is 4.64. The molecule has 118 valence electrons. The van der Waals surface area contributed by atoms with E-state index in [1.54, 1.807) is 11.3 Å². The van der Waals surface area contributed by atoms with Crippen molar-refractivity contribution < 1.29 is 0 Å². The lowest BCUT2D eigenvalue weighted by Crippen LogP contribution is -2.57. The quantitative estimate of drug-likeness (QED) is 0.838. The Labute approximate surface area is 141 Å². The van der Waals surface area contributed by atoms with Gasteiger partial charge in [0.05, 0.1) is 5.54 Å². The topological polar surface area (TPSA) is 24.1 Å². The van der Waals surface area contributed by atoms with E-state index in [9.17, 15) is 0 Å². The molecule has 2 nitrogen and oxygen atoms in total. The van der Waals surface area contributed by atoms with Gasteiger partial charge in [-0.3, -0.25) is 0 Å². The van der Waals surface area contributed by atoms with E-state index >= 15 is 0 Å². The Morgan fingerprint density at radius 3 is 2.86 bits per heavy atom. The molecule has 22 heavy (non-hydrogen) atoms. The van der Waals surface area contributed by atoms with Crippen LogP contribution in [0.3, 0.4) is 0 Å². The van der Waals surface area contributed by atoms with Gasteiger partial charge < -0.3 is 10.6 Å². The van der Waals surface area contributed by atoms with Crippen molar-refractivity contribution in [3.8, 4) is 0 Å². The van der Waals surface area contributed by atoms with E-state index in [2.05, 4.69) is 46.6 Å². The second-order valence-corrected chi connectivity index (χ2v) is 7.20. The van der Waals surface area contributed by atoms with Crippen LogP contribution in [0.4, 0.5) is 0 Å². The summed E-state index contributed by atoms with van der Waals surface area (Å²) in [5.41, 5.74) is 2.51. The van der Waals surface area contributed by atoms with Gasteiger partial charge in [0.1, 0.15) is 0 Å². The summed E-state index contributed by atoms with van der Waals surface area (Å²) in [6, 6.07) is 10.9. The van der Waals surface area contributed by atoms with Crippen molar-refractivity contribution in [1.29, 1.82) is 0 Å². The monoisotopic (exact) mass is 334 g/mol. The molecule has 1 fully saturated rings. The van der Waals surface area contributed by atoms with Crippen molar-refractivity contribution in [2.45, 2.75) is 43.8 Å². The summed E-state index contributed by atoms with van der Waals surface area (Å²) in [5.74, 6) is 0. The molecule has 0 aliphatic heterocycles. The Morgan fingerprint density at radius 2 is 2.14 bits per heavy atom. The molecule has 3 rings (SSSR count). The first-order valence-electron chi connectivity index (χ1n) is 7.94. The number of hydrogen-bond donors (Lipinski definition) is 2. The Balaban J connectivity index is 1.87. The van der Waals surface area contributed by atoms with E-state index in [1.807, 2.05) is 12.1 Å². The summed E-state index contributed by atoms with van der Waals surface area (Å²) < 4.78 is 0. The maximum atomic E-state index is 6.52. The number of rotatable bonds is 5. The predicted octanol–water partition coefficient (Wildman–Crippen LogP) is 4.55. The summed E-state index contributed by atoms with van der Waals surface area (Å²) in [7, 11) is 2.06. The smallest absolute Gasteiger partial charge is 0.0602 e. The number of thiophene rings is 1. The highest BCUT2D eigenvalue weighted by molar-refractivity contribution is 7.07. The van der Waals surface area contributed by atoms with Crippen LogP contribution in [0.25, 0.3) is 0 Å². The summed E-state index contributed by atoms with van der Waals surface area (Å²) in [6.07, 6.45) is 4.81. The molecule has 1 aromatic heterocycles. The van der Waals surface area contributed by atoms with Gasteiger partial charge in [0, 0.05) is 17.6 Å². The van der Waals surface area contributed by atoms with E-state index in [0.29, 0.717) is 6.04 Å². The van der Waals surface area contributed by atoms with Crippen molar-refractivity contribution >= 4 is 22.9 Å². The maximum absolute atomic E-state index is 6.52. The fourth-order valence-electron chi connectivity index (χ4n) is 3.66. The van der Waals surface area contributed by atoms with Crippen LogP contribution in [0.5, 0.6) is 0 Å². The molecule has 2 N–H and O–H groups in total. The summed E-state index contributed by atoms with van der Waals surface area (Å²) in [4.78, 5) is 0. The molecule has 1 aromatic carbocycles. The van der Waals surface area contributed by atoms with Crippen molar-refractivity contribution in [3.05, 3.63) is 57.2 Å². The van der Waals surface area contributed by atoms with Crippen LogP contribution < -0.4 is 10.6 Å². The standard InChI is InChI=1S/C18H23ClN2S/c1-20-18(15-6-2-3-7-16(15)19)10-5-4-8-17(18)21-12-14-9-11-22-13-14/h2-3,6-7,9,11,13,17,20-21H,4-5,8,10,12H2,1H3/t17-,18+/m0/s1. The van der Waals surface area contributed by atoms with Gasteiger partial charge in [0.15, 0.2) is 0 Å². The highest BCUT2D eigenvalue weighted by atomic mass is 35.5. The highest BCUT2D eigenvalue weighted by Gasteiger charge is 2.41. The summed E-state index contributed by atoms with van der Waals surface area (Å²) in [6.45, 7) is 0.919. The lowest BCUT2D eigenvalue weighted by atomic mass is 9.72. The molecule has 0 unspecified atom stereocenters. The zero-order valence-electron chi connectivity index (χ0n) is 12.9. The van der Waals surface area contributed by atoms with Crippen LogP contribution in [0.2, 0.25) is 5.02 Å². The van der Waals surface area contributed by atoms with E-state index in [-0.39, 0.29) is 5.54 Å². The van der Waals surface area contributed by atoms with Crippen LogP contribution in [0.15, 0.2) is 41.1 Å². The van der Waals surface area contributed by atoms with Gasteiger partial charge in [-0.1, -0.05) is 42.6 Å². The minimum Gasteiger partial charge on any atom is -0.309 e. The third-order valence-electron chi connectivity index (χ3n) is 4.84. The number of halogens is 1. The molecule has 4 heteroatoms. The number of hydrogen-bond acceptors (Lipinski definition) is 3. The first-order chi connectivity index (χ1) is 10.8. The van der Waals surface area contributed by atoms with Crippen LogP contribution in [-0.4, -0.2) is 13.1 Å². The molecule has 0 amide bonds. The molecular weight excluding hydrogens is 312 g/mol. The number of nitrogens with one attached hydrogen (secondary N) is 2. The van der Waals surface area contributed by atoms with Crippen LogP contribution >= 0.6 is 22.9 Å². The summed E-state index contributed by atoms with van der Waals surface area (Å²) in [5, 5.41) is 12.6. The first kappa shape index (κ1) is 16.0. The second kappa shape index (κ2) is 7.14. The van der Waals surface area contributed by atoms with Gasteiger partial charge in [0.2, 0.25) is 0 Å². The SMILES string of the molecule is CN[C@@]1(c2ccccc2Cl)CCCC[C@@H]1NCc1ccsc1. The van der Waals surface area contributed by atoms with Gasteiger partial charge in [-0.05, 0) is 53.9 Å². The molecule has 0 radical (unpaired) electrons. The van der Waals surface area contributed by atoms with Crippen LogP contribution in [0, 0.1) is 0 Å². The predicted molar refractivity (Wildman–Crippen MR) is 95.6 cm³/mol. The maximum Gasteiger partial charge on any atom is 0.0602 e. The number of likely N-dealkylation sites (N-methyl/N-ethyl adjacent to an activating group) is 1. The molecule has 2 atom stereocenters. The molecule has 2 aromatic rings. The Hall–Kier alpha value is -0.870. The normalized spacial score (nSPS) is 25.3. The minimum atomic E-state index is -0.0768. The third-order valence-corrected chi connectivity index (χ3v) is 5.90. The number of benzene rings is 1. The highest BCUT2D eigenvalue weighted by Crippen LogP contribution is 2.40. The van der Waals surface area contributed by atoms with Crippen LogP contribution in [-0.2, 0) is 12.1 Å². The van der Waals surface area contributed by atoms with Crippen molar-refractivity contribution in [2.75, 3.05) is 7.05 Å². The zero-order chi connectivity index (χ0) is 15.4. The Bertz CT molecular complexity index is 599. The molecule has 0 saturated heterocycles. The van der Waals surface area contributed by atoms with E-state index in [0.717, 1.165) is 18.0 Å². The second-order valence-electron chi connectivity index (χ2n) is 6.01. The third kappa shape index (κ3) is 3.09. The van der Waals surface area contributed by atoms with E-state index < -0.39 is 0 Å². The first-order valence-corrected chi connectivity index (χ1v) is 9.27. The minimum absolute atomic E-state index is 0.0768. The summed E-state index contributed by atoms with van der Waals surface area (Å²) >= 11 is 8.28.